The minimum absolute atomic E-state index is 0.0174. The number of hydrogen-bond acceptors (Lipinski definition) is 4. The molecule has 18 heavy (non-hydrogen) atoms. The van der Waals surface area contributed by atoms with Crippen molar-refractivity contribution in [1.29, 1.82) is 0 Å². The van der Waals surface area contributed by atoms with Gasteiger partial charge in [0, 0.05) is 26.6 Å². The summed E-state index contributed by atoms with van der Waals surface area (Å²) in [7, 11) is -1.65. The van der Waals surface area contributed by atoms with Crippen LogP contribution in [0.15, 0.2) is 0 Å². The first-order chi connectivity index (χ1) is 8.39. The molecule has 0 aromatic heterocycles. The highest BCUT2D eigenvalue weighted by atomic mass is 32.2. The first kappa shape index (κ1) is 15.4. The van der Waals surface area contributed by atoms with Gasteiger partial charge >= 0.3 is 0 Å². The summed E-state index contributed by atoms with van der Waals surface area (Å²) in [5.74, 6) is 0.475. The molecule has 1 heterocycles. The van der Waals surface area contributed by atoms with Gasteiger partial charge in [0.1, 0.15) is 0 Å². The summed E-state index contributed by atoms with van der Waals surface area (Å²) in [6, 6.07) is 0. The smallest absolute Gasteiger partial charge is 0.220 e. The third-order valence-electron chi connectivity index (χ3n) is 3.25. The van der Waals surface area contributed by atoms with Gasteiger partial charge in [-0.1, -0.05) is 0 Å². The maximum atomic E-state index is 11.6. The maximum absolute atomic E-state index is 11.6. The van der Waals surface area contributed by atoms with Gasteiger partial charge in [0.05, 0.1) is 6.26 Å². The van der Waals surface area contributed by atoms with Gasteiger partial charge in [0.25, 0.3) is 0 Å². The zero-order chi connectivity index (χ0) is 13.6. The Hall–Kier alpha value is -0.660. The predicted molar refractivity (Wildman–Crippen MR) is 70.7 cm³/mol. The fraction of sp³-hybridized carbons (Fsp3) is 0.909. The molecule has 1 rings (SSSR count). The molecule has 1 aliphatic heterocycles. The number of amides is 1. The number of carbonyl (C=O) groups is 1. The van der Waals surface area contributed by atoms with Crippen LogP contribution >= 0.6 is 0 Å². The predicted octanol–water partition coefficient (Wildman–Crippen LogP) is -0.616. The summed E-state index contributed by atoms with van der Waals surface area (Å²) in [6.07, 6.45) is 3.78. The van der Waals surface area contributed by atoms with E-state index in [4.69, 9.17) is 0 Å². The molecule has 106 valence electrons. The minimum atomic E-state index is -3.15. The number of nitrogens with zero attached hydrogens (tertiary/aromatic N) is 1. The summed E-state index contributed by atoms with van der Waals surface area (Å²) in [5.41, 5.74) is 0. The lowest BCUT2D eigenvalue weighted by molar-refractivity contribution is -0.122. The van der Waals surface area contributed by atoms with Gasteiger partial charge in [0.2, 0.25) is 15.9 Å². The molecule has 1 saturated heterocycles. The topological polar surface area (TPSA) is 78.5 Å². The van der Waals surface area contributed by atoms with Crippen molar-refractivity contribution in [3.05, 3.63) is 0 Å². The van der Waals surface area contributed by atoms with E-state index in [0.29, 0.717) is 25.4 Å². The molecule has 0 spiro atoms. The summed E-state index contributed by atoms with van der Waals surface area (Å²) < 4.78 is 23.5. The Labute approximate surface area is 109 Å². The molecule has 0 radical (unpaired) electrons. The molecule has 6 nitrogen and oxygen atoms in total. The Balaban J connectivity index is 2.17. The van der Waals surface area contributed by atoms with Crippen LogP contribution in [-0.2, 0) is 14.8 Å². The first-order valence-electron chi connectivity index (χ1n) is 6.28. The molecular weight excluding hydrogens is 254 g/mol. The van der Waals surface area contributed by atoms with Crippen molar-refractivity contribution in [3.63, 3.8) is 0 Å². The zero-order valence-corrected chi connectivity index (χ0v) is 11.9. The molecule has 1 amide bonds. The Bertz CT molecular complexity index is 364. The Kier molecular flexibility index (Phi) is 6.04. The lowest BCUT2D eigenvalue weighted by Gasteiger charge is -2.22. The minimum Gasteiger partial charge on any atom is -0.355 e. The van der Waals surface area contributed by atoms with E-state index < -0.39 is 10.0 Å². The Morgan fingerprint density at radius 3 is 2.56 bits per heavy atom. The van der Waals surface area contributed by atoms with Gasteiger partial charge < -0.3 is 10.6 Å². The van der Waals surface area contributed by atoms with Crippen molar-refractivity contribution in [1.82, 2.24) is 14.9 Å². The third kappa shape index (κ3) is 5.79. The average Bonchev–Trinajstić information content (AvgIpc) is 2.28. The molecule has 0 aromatic rings. The number of rotatable bonds is 6. The normalized spacial score (nSPS) is 17.9. The Morgan fingerprint density at radius 1 is 1.39 bits per heavy atom. The number of likely N-dealkylation sites (N-methyl/N-ethyl adjacent to an activating group) is 1. The van der Waals surface area contributed by atoms with Gasteiger partial charge in [-0.3, -0.25) is 4.79 Å². The number of nitrogens with one attached hydrogen (secondary N) is 2. The number of hydrogen-bond donors (Lipinski definition) is 2. The second-order valence-electron chi connectivity index (χ2n) is 4.83. The second kappa shape index (κ2) is 7.06. The van der Waals surface area contributed by atoms with Crippen LogP contribution in [0, 0.1) is 5.92 Å². The highest BCUT2D eigenvalue weighted by Gasteiger charge is 2.17. The zero-order valence-electron chi connectivity index (χ0n) is 11.1. The second-order valence-corrected chi connectivity index (χ2v) is 6.92. The average molecular weight is 277 g/mol. The lowest BCUT2D eigenvalue weighted by Crippen LogP contribution is -2.37. The van der Waals surface area contributed by atoms with E-state index in [1.54, 1.807) is 0 Å². The van der Waals surface area contributed by atoms with Crippen LogP contribution in [0.4, 0.5) is 0 Å². The maximum Gasteiger partial charge on any atom is 0.220 e. The summed E-state index contributed by atoms with van der Waals surface area (Å²) in [4.78, 5) is 11.6. The van der Waals surface area contributed by atoms with Crippen LogP contribution in [0.3, 0.4) is 0 Å². The van der Waals surface area contributed by atoms with Gasteiger partial charge in [-0.25, -0.2) is 12.7 Å². The van der Waals surface area contributed by atoms with E-state index in [-0.39, 0.29) is 5.91 Å². The van der Waals surface area contributed by atoms with Crippen LogP contribution in [0.5, 0.6) is 0 Å². The number of sulfonamides is 1. The number of carbonyl (C=O) groups excluding carboxylic acids is 1. The number of piperidine rings is 1. The molecule has 0 aliphatic carbocycles. The fourth-order valence-electron chi connectivity index (χ4n) is 1.94. The van der Waals surface area contributed by atoms with Gasteiger partial charge in [-0.2, -0.15) is 0 Å². The van der Waals surface area contributed by atoms with E-state index in [0.717, 1.165) is 32.2 Å². The quantitative estimate of drug-likeness (QED) is 0.678. The molecule has 1 fully saturated rings. The molecule has 0 bridgehead atoms. The van der Waals surface area contributed by atoms with Crippen LogP contribution in [0.1, 0.15) is 19.3 Å². The van der Waals surface area contributed by atoms with Crippen molar-refractivity contribution < 1.29 is 13.2 Å². The lowest BCUT2D eigenvalue weighted by atomic mass is 9.94. The Morgan fingerprint density at radius 2 is 2.00 bits per heavy atom. The largest absolute Gasteiger partial charge is 0.355 e. The van der Waals surface area contributed by atoms with E-state index in [1.165, 1.54) is 11.4 Å². The van der Waals surface area contributed by atoms with Crippen LogP contribution in [0.2, 0.25) is 0 Å². The summed E-state index contributed by atoms with van der Waals surface area (Å²) in [6.45, 7) is 2.65. The molecule has 0 aromatic carbocycles. The van der Waals surface area contributed by atoms with Crippen LogP contribution < -0.4 is 10.6 Å². The first-order valence-corrected chi connectivity index (χ1v) is 8.13. The van der Waals surface area contributed by atoms with Gasteiger partial charge in [0.15, 0.2) is 0 Å². The van der Waals surface area contributed by atoms with Gasteiger partial charge in [-0.05, 0) is 31.8 Å². The summed E-state index contributed by atoms with van der Waals surface area (Å²) >= 11 is 0. The third-order valence-corrected chi connectivity index (χ3v) is 4.56. The van der Waals surface area contributed by atoms with Gasteiger partial charge in [-0.15, -0.1) is 0 Å². The van der Waals surface area contributed by atoms with Crippen molar-refractivity contribution in [2.24, 2.45) is 5.92 Å². The standard InChI is InChI=1S/C11H23N3O3S/c1-14(18(2,16)17)8-7-13-11(15)9-10-3-5-12-6-4-10/h10,12H,3-9H2,1-2H3,(H,13,15). The van der Waals surface area contributed by atoms with E-state index in [1.807, 2.05) is 0 Å². The van der Waals surface area contributed by atoms with E-state index >= 15 is 0 Å². The van der Waals surface area contributed by atoms with Crippen molar-refractivity contribution in [2.45, 2.75) is 19.3 Å². The summed E-state index contributed by atoms with van der Waals surface area (Å²) in [5, 5.41) is 6.03. The van der Waals surface area contributed by atoms with Crippen molar-refractivity contribution >= 4 is 15.9 Å². The van der Waals surface area contributed by atoms with Crippen molar-refractivity contribution in [2.75, 3.05) is 39.5 Å². The van der Waals surface area contributed by atoms with Crippen molar-refractivity contribution in [3.8, 4) is 0 Å². The molecule has 1 aliphatic rings. The molecule has 2 N–H and O–H groups in total. The fourth-order valence-corrected chi connectivity index (χ4v) is 2.36. The monoisotopic (exact) mass is 277 g/mol. The highest BCUT2D eigenvalue weighted by molar-refractivity contribution is 7.88. The molecular formula is C11H23N3O3S. The van der Waals surface area contributed by atoms with Crippen LogP contribution in [-0.4, -0.2) is 58.1 Å². The van der Waals surface area contributed by atoms with E-state index in [9.17, 15) is 13.2 Å². The molecule has 7 heteroatoms. The van der Waals surface area contributed by atoms with E-state index in [2.05, 4.69) is 10.6 Å². The molecule has 0 unspecified atom stereocenters. The highest BCUT2D eigenvalue weighted by Crippen LogP contribution is 2.15. The van der Waals surface area contributed by atoms with Crippen LogP contribution in [0.25, 0.3) is 0 Å². The molecule has 0 saturated carbocycles. The SMILES string of the molecule is CN(CCNC(=O)CC1CCNCC1)S(C)(=O)=O. The molecule has 0 atom stereocenters.